The first-order valence-electron chi connectivity index (χ1n) is 12.0. The van der Waals surface area contributed by atoms with Crippen molar-refractivity contribution in [2.75, 3.05) is 0 Å². The van der Waals surface area contributed by atoms with E-state index in [1.54, 1.807) is 25.1 Å². The zero-order valence-corrected chi connectivity index (χ0v) is 20.6. The second kappa shape index (κ2) is 8.45. The van der Waals surface area contributed by atoms with Crippen LogP contribution in [0.4, 0.5) is 4.39 Å². The minimum absolute atomic E-state index is 0.0651. The van der Waals surface area contributed by atoms with Crippen molar-refractivity contribution in [1.29, 1.82) is 0 Å². The normalized spacial score (nSPS) is 13.3. The molecule has 4 N–H and O–H groups in total. The third-order valence-corrected chi connectivity index (χ3v) is 7.59. The quantitative estimate of drug-likeness (QED) is 0.316. The van der Waals surface area contributed by atoms with E-state index < -0.39 is 23.0 Å². The molecule has 186 valence electrons. The van der Waals surface area contributed by atoms with Gasteiger partial charge in [-0.1, -0.05) is 29.8 Å². The highest BCUT2D eigenvalue weighted by atomic mass is 35.5. The predicted octanol–water partition coefficient (Wildman–Crippen LogP) is 4.91. The number of benzene rings is 3. The Bertz CT molecular complexity index is 1900. The van der Waals surface area contributed by atoms with Gasteiger partial charge in [-0.05, 0) is 73.6 Å². The Morgan fingerprint density at radius 2 is 1.81 bits per heavy atom. The van der Waals surface area contributed by atoms with E-state index in [1.807, 2.05) is 6.07 Å². The zero-order chi connectivity index (χ0) is 26.0. The van der Waals surface area contributed by atoms with Crippen LogP contribution in [-0.2, 0) is 12.8 Å². The smallest absolute Gasteiger partial charge is 0.333 e. The van der Waals surface area contributed by atoms with Crippen LogP contribution in [0.2, 0.25) is 5.02 Å². The summed E-state index contributed by atoms with van der Waals surface area (Å²) in [6, 6.07) is 10.9. The SMILES string of the molecule is Cc1c(-c2c(Cl)cc(C(N)=O)c3[nH]c4c(c23)CCCC4)cccc1-n1c(=O)[nH]c2c(F)cccc2c1=O. The third kappa shape index (κ3) is 3.43. The minimum atomic E-state index is -0.748. The first-order chi connectivity index (χ1) is 17.8. The lowest BCUT2D eigenvalue weighted by atomic mass is 9.89. The van der Waals surface area contributed by atoms with Crippen molar-refractivity contribution < 1.29 is 9.18 Å². The standard InChI is InChI=1S/C28H22ClFN4O3/c1-13-14(7-5-11-21(13)34-27(36)16-8-4-9-19(30)24(16)33-28(34)37)22-18(29)12-17(26(31)35)25-23(22)15-6-2-3-10-20(15)32-25/h4-5,7-9,11-12,32H,2-3,6,10H2,1H3,(H2,31,35)(H,33,37). The molecule has 9 heteroatoms. The summed E-state index contributed by atoms with van der Waals surface area (Å²) in [6.45, 7) is 1.80. The molecule has 0 aliphatic heterocycles. The van der Waals surface area contributed by atoms with Crippen LogP contribution >= 0.6 is 11.6 Å². The number of nitrogens with two attached hydrogens (primary N) is 1. The molecule has 3 aromatic carbocycles. The summed E-state index contributed by atoms with van der Waals surface area (Å²) in [5, 5.41) is 1.24. The van der Waals surface area contributed by atoms with Crippen molar-refractivity contribution in [2.24, 2.45) is 5.73 Å². The van der Waals surface area contributed by atoms with E-state index in [1.165, 1.54) is 18.2 Å². The molecule has 0 saturated heterocycles. The van der Waals surface area contributed by atoms with Crippen LogP contribution < -0.4 is 17.0 Å². The van der Waals surface area contributed by atoms with Crippen LogP contribution in [-0.4, -0.2) is 20.4 Å². The fourth-order valence-electron chi connectivity index (χ4n) is 5.57. The monoisotopic (exact) mass is 516 g/mol. The van der Waals surface area contributed by atoms with E-state index in [0.29, 0.717) is 38.5 Å². The Labute approximate surface area is 214 Å². The van der Waals surface area contributed by atoms with Gasteiger partial charge in [0.15, 0.2) is 0 Å². The summed E-state index contributed by atoms with van der Waals surface area (Å²) in [5.74, 6) is -1.26. The molecule has 6 rings (SSSR count). The second-order valence-electron chi connectivity index (χ2n) is 9.37. The fourth-order valence-corrected chi connectivity index (χ4v) is 5.88. The molecule has 0 saturated carbocycles. The number of carbonyl (C=O) groups is 1. The molecule has 0 fully saturated rings. The maximum absolute atomic E-state index is 14.3. The Morgan fingerprint density at radius 3 is 2.59 bits per heavy atom. The highest BCUT2D eigenvalue weighted by molar-refractivity contribution is 6.36. The van der Waals surface area contributed by atoms with Gasteiger partial charge in [0.1, 0.15) is 5.82 Å². The lowest BCUT2D eigenvalue weighted by Crippen LogP contribution is -2.34. The molecule has 2 aromatic heterocycles. The van der Waals surface area contributed by atoms with Gasteiger partial charge in [0.2, 0.25) is 0 Å². The molecule has 0 bridgehead atoms. The largest absolute Gasteiger partial charge is 0.366 e. The number of halogens is 2. The van der Waals surface area contributed by atoms with E-state index in [4.69, 9.17) is 17.3 Å². The van der Waals surface area contributed by atoms with Crippen LogP contribution in [0.3, 0.4) is 0 Å². The average molecular weight is 517 g/mol. The number of aromatic amines is 2. The number of rotatable bonds is 3. The summed E-state index contributed by atoms with van der Waals surface area (Å²) in [5.41, 5.74) is 9.70. The van der Waals surface area contributed by atoms with Crippen LogP contribution in [0.15, 0.2) is 52.1 Å². The van der Waals surface area contributed by atoms with Gasteiger partial charge in [-0.15, -0.1) is 0 Å². The van der Waals surface area contributed by atoms with E-state index >= 15 is 0 Å². The number of primary amides is 1. The van der Waals surface area contributed by atoms with Crippen molar-refractivity contribution >= 4 is 39.3 Å². The Morgan fingerprint density at radius 1 is 1.05 bits per heavy atom. The first kappa shape index (κ1) is 23.2. The minimum Gasteiger partial charge on any atom is -0.366 e. The average Bonchev–Trinajstić information content (AvgIpc) is 3.25. The van der Waals surface area contributed by atoms with Crippen LogP contribution in [0.5, 0.6) is 0 Å². The lowest BCUT2D eigenvalue weighted by Gasteiger charge is -2.18. The van der Waals surface area contributed by atoms with Crippen molar-refractivity contribution in [1.82, 2.24) is 14.5 Å². The van der Waals surface area contributed by atoms with Gasteiger partial charge in [0, 0.05) is 21.7 Å². The zero-order valence-electron chi connectivity index (χ0n) is 19.9. The van der Waals surface area contributed by atoms with E-state index in [0.717, 1.165) is 46.9 Å². The van der Waals surface area contributed by atoms with Gasteiger partial charge < -0.3 is 15.7 Å². The molecule has 1 aliphatic rings. The summed E-state index contributed by atoms with van der Waals surface area (Å²) in [6.07, 6.45) is 3.73. The molecule has 0 spiro atoms. The Kier molecular flexibility index (Phi) is 5.31. The van der Waals surface area contributed by atoms with Crippen molar-refractivity contribution in [2.45, 2.75) is 32.6 Å². The summed E-state index contributed by atoms with van der Waals surface area (Å²) in [7, 11) is 0. The summed E-state index contributed by atoms with van der Waals surface area (Å²) >= 11 is 6.82. The summed E-state index contributed by atoms with van der Waals surface area (Å²) < 4.78 is 15.3. The topological polar surface area (TPSA) is 114 Å². The maximum Gasteiger partial charge on any atom is 0.333 e. The number of nitrogens with one attached hydrogen (secondary N) is 2. The molecule has 0 atom stereocenters. The van der Waals surface area contributed by atoms with E-state index in [-0.39, 0.29) is 10.9 Å². The number of para-hydroxylation sites is 1. The van der Waals surface area contributed by atoms with Crippen LogP contribution in [0.25, 0.3) is 38.6 Å². The number of hydrogen-bond acceptors (Lipinski definition) is 3. The van der Waals surface area contributed by atoms with E-state index in [2.05, 4.69) is 9.97 Å². The van der Waals surface area contributed by atoms with Gasteiger partial charge >= 0.3 is 5.69 Å². The first-order valence-corrected chi connectivity index (χ1v) is 12.4. The number of hydrogen-bond donors (Lipinski definition) is 3. The number of H-pyrrole nitrogens is 2. The van der Waals surface area contributed by atoms with Gasteiger partial charge in [0.25, 0.3) is 11.5 Å². The van der Waals surface area contributed by atoms with Gasteiger partial charge in [-0.3, -0.25) is 9.59 Å². The number of aromatic nitrogens is 3. The molecule has 1 aliphatic carbocycles. The highest BCUT2D eigenvalue weighted by Gasteiger charge is 2.26. The van der Waals surface area contributed by atoms with E-state index in [9.17, 15) is 18.8 Å². The number of aryl methyl sites for hydroxylation is 2. The van der Waals surface area contributed by atoms with Gasteiger partial charge in [-0.25, -0.2) is 13.8 Å². The highest BCUT2D eigenvalue weighted by Crippen LogP contribution is 2.43. The maximum atomic E-state index is 14.3. The second-order valence-corrected chi connectivity index (χ2v) is 9.77. The lowest BCUT2D eigenvalue weighted by molar-refractivity contribution is 0.100. The molecule has 0 unspecified atom stereocenters. The van der Waals surface area contributed by atoms with Gasteiger partial charge in [-0.2, -0.15) is 0 Å². The number of nitrogens with zero attached hydrogens (tertiary/aromatic N) is 1. The number of fused-ring (bicyclic) bond motifs is 4. The van der Waals surface area contributed by atoms with Crippen molar-refractivity contribution in [3.05, 3.63) is 96.5 Å². The van der Waals surface area contributed by atoms with Crippen LogP contribution in [0.1, 0.15) is 40.0 Å². The number of amides is 1. The molecule has 37 heavy (non-hydrogen) atoms. The molecule has 5 aromatic rings. The fraction of sp³-hybridized carbons (Fsp3) is 0.179. The number of carbonyl (C=O) groups excluding carboxylic acids is 1. The Hall–Kier alpha value is -4.17. The summed E-state index contributed by atoms with van der Waals surface area (Å²) in [4.78, 5) is 44.5. The molecule has 0 radical (unpaired) electrons. The Balaban J connectivity index is 1.68. The molecule has 7 nitrogen and oxygen atoms in total. The van der Waals surface area contributed by atoms with Crippen LogP contribution in [0, 0.1) is 12.7 Å². The van der Waals surface area contributed by atoms with Crippen molar-refractivity contribution in [3.8, 4) is 16.8 Å². The van der Waals surface area contributed by atoms with Gasteiger partial charge in [0.05, 0.1) is 27.7 Å². The molecular formula is C28H22ClFN4O3. The third-order valence-electron chi connectivity index (χ3n) is 7.29. The molecule has 2 heterocycles. The predicted molar refractivity (Wildman–Crippen MR) is 142 cm³/mol. The molecular weight excluding hydrogens is 495 g/mol. The molecule has 1 amide bonds. The van der Waals surface area contributed by atoms with Crippen molar-refractivity contribution in [3.63, 3.8) is 0 Å².